The number of aryl methyl sites for hydroxylation is 2. The van der Waals surface area contributed by atoms with E-state index in [0.29, 0.717) is 0 Å². The van der Waals surface area contributed by atoms with Gasteiger partial charge in [0.15, 0.2) is 0 Å². The Balaban J connectivity index is 1.52. The SMILES string of the molecule is Cc1cc(C)c2ncc(C3(n4c5ccccc5c5ccccc54)c4ccccc4N(c4ccccc4)c4ccccc43)nc2c1. The summed E-state index contributed by atoms with van der Waals surface area (Å²) >= 11 is 0. The average Bonchev–Trinajstić information content (AvgIpc) is 3.42. The largest absolute Gasteiger partial charge is 0.320 e. The van der Waals surface area contributed by atoms with Gasteiger partial charge in [0.05, 0.1) is 45.3 Å². The number of benzene rings is 6. The Morgan fingerprint density at radius 2 is 1.13 bits per heavy atom. The number of hydrogen-bond acceptors (Lipinski definition) is 3. The smallest absolute Gasteiger partial charge is 0.143 e. The predicted octanol–water partition coefficient (Wildman–Crippen LogP) is 9.98. The van der Waals surface area contributed by atoms with Gasteiger partial charge in [-0.05, 0) is 67.4 Å². The number of anilines is 3. The van der Waals surface area contributed by atoms with Crippen LogP contribution in [0.15, 0.2) is 146 Å². The molecule has 0 atom stereocenters. The maximum absolute atomic E-state index is 5.56. The number of hydrogen-bond donors (Lipinski definition) is 0. The summed E-state index contributed by atoms with van der Waals surface area (Å²) in [6.45, 7) is 4.25. The van der Waals surface area contributed by atoms with Gasteiger partial charge in [0.25, 0.3) is 0 Å². The first-order chi connectivity index (χ1) is 22.2. The zero-order valence-corrected chi connectivity index (χ0v) is 25.1. The monoisotopic (exact) mass is 578 g/mol. The van der Waals surface area contributed by atoms with Gasteiger partial charge in [-0.15, -0.1) is 0 Å². The van der Waals surface area contributed by atoms with E-state index in [1.54, 1.807) is 0 Å². The summed E-state index contributed by atoms with van der Waals surface area (Å²) in [6.07, 6.45) is 2.01. The van der Waals surface area contributed by atoms with Crippen LogP contribution in [0.2, 0.25) is 0 Å². The van der Waals surface area contributed by atoms with Crippen LogP contribution in [0.4, 0.5) is 17.1 Å². The predicted molar refractivity (Wildman–Crippen MR) is 185 cm³/mol. The van der Waals surface area contributed by atoms with Crippen molar-refractivity contribution in [2.45, 2.75) is 19.4 Å². The van der Waals surface area contributed by atoms with Crippen LogP contribution in [-0.2, 0) is 5.54 Å². The topological polar surface area (TPSA) is 34.0 Å². The van der Waals surface area contributed by atoms with E-state index in [-0.39, 0.29) is 0 Å². The average molecular weight is 579 g/mol. The molecule has 0 N–H and O–H groups in total. The summed E-state index contributed by atoms with van der Waals surface area (Å²) in [7, 11) is 0. The van der Waals surface area contributed by atoms with Gasteiger partial charge >= 0.3 is 0 Å². The molecule has 214 valence electrons. The second-order valence-corrected chi connectivity index (χ2v) is 12.0. The standard InChI is InChI=1S/C41H30N4/c1-27-24-28(2)40-34(25-27)43-39(26-42-40)41(45-35-20-10-6-16-30(35)31-17-7-11-21-36(31)45)32-18-8-12-22-37(32)44(29-14-4-3-5-15-29)38-23-13-9-19-33(38)41/h3-26H,1-2H3. The van der Waals surface area contributed by atoms with Crippen LogP contribution in [0, 0.1) is 13.8 Å². The Morgan fingerprint density at radius 1 is 0.578 bits per heavy atom. The quantitative estimate of drug-likeness (QED) is 0.209. The van der Waals surface area contributed by atoms with Crippen molar-refractivity contribution in [3.63, 3.8) is 0 Å². The highest BCUT2D eigenvalue weighted by molar-refractivity contribution is 6.09. The minimum atomic E-state index is -0.833. The lowest BCUT2D eigenvalue weighted by molar-refractivity contribution is 0.527. The molecule has 2 aromatic heterocycles. The van der Waals surface area contributed by atoms with Crippen molar-refractivity contribution in [3.05, 3.63) is 174 Å². The van der Waals surface area contributed by atoms with Crippen LogP contribution in [0.3, 0.4) is 0 Å². The van der Waals surface area contributed by atoms with E-state index in [4.69, 9.17) is 9.97 Å². The molecule has 0 radical (unpaired) electrons. The van der Waals surface area contributed by atoms with Crippen LogP contribution in [0.1, 0.15) is 27.9 Å². The van der Waals surface area contributed by atoms with Crippen LogP contribution in [0.5, 0.6) is 0 Å². The zero-order valence-electron chi connectivity index (χ0n) is 25.1. The minimum Gasteiger partial charge on any atom is -0.320 e. The molecule has 0 amide bonds. The van der Waals surface area contributed by atoms with E-state index in [2.05, 4.69) is 163 Å². The molecule has 3 heterocycles. The molecule has 1 aliphatic heterocycles. The molecule has 9 rings (SSSR count). The van der Waals surface area contributed by atoms with Crippen molar-refractivity contribution in [2.75, 3.05) is 4.90 Å². The van der Waals surface area contributed by atoms with E-state index < -0.39 is 5.54 Å². The van der Waals surface area contributed by atoms with Crippen molar-refractivity contribution in [2.24, 2.45) is 0 Å². The summed E-state index contributed by atoms with van der Waals surface area (Å²) in [5.41, 5.74) is 12.2. The van der Waals surface area contributed by atoms with Crippen molar-refractivity contribution in [1.82, 2.24) is 14.5 Å². The second kappa shape index (κ2) is 9.63. The van der Waals surface area contributed by atoms with Gasteiger partial charge in [0, 0.05) is 27.6 Å². The fraction of sp³-hybridized carbons (Fsp3) is 0.0732. The Morgan fingerprint density at radius 3 is 1.78 bits per heavy atom. The highest BCUT2D eigenvalue weighted by Crippen LogP contribution is 2.56. The van der Waals surface area contributed by atoms with Crippen LogP contribution < -0.4 is 4.90 Å². The molecule has 0 saturated carbocycles. The lowest BCUT2D eigenvalue weighted by atomic mass is 9.74. The van der Waals surface area contributed by atoms with Gasteiger partial charge in [0.2, 0.25) is 0 Å². The molecule has 4 nitrogen and oxygen atoms in total. The van der Waals surface area contributed by atoms with Crippen molar-refractivity contribution < 1.29 is 0 Å². The number of nitrogens with zero attached hydrogens (tertiary/aromatic N) is 4. The van der Waals surface area contributed by atoms with Crippen molar-refractivity contribution >= 4 is 49.9 Å². The molecule has 45 heavy (non-hydrogen) atoms. The van der Waals surface area contributed by atoms with E-state index >= 15 is 0 Å². The van der Waals surface area contributed by atoms with Crippen molar-refractivity contribution in [3.8, 4) is 0 Å². The van der Waals surface area contributed by atoms with Gasteiger partial charge in [0.1, 0.15) is 5.54 Å². The fourth-order valence-corrected chi connectivity index (χ4v) is 7.64. The van der Waals surface area contributed by atoms with Gasteiger partial charge in [-0.25, -0.2) is 4.98 Å². The third kappa shape index (κ3) is 3.54. The summed E-state index contributed by atoms with van der Waals surface area (Å²) in [6, 6.07) is 50.1. The van der Waals surface area contributed by atoms with E-state index in [9.17, 15) is 0 Å². The van der Waals surface area contributed by atoms with Crippen LogP contribution >= 0.6 is 0 Å². The highest BCUT2D eigenvalue weighted by Gasteiger charge is 2.49. The molecule has 8 aromatic rings. The maximum atomic E-state index is 5.56. The molecular weight excluding hydrogens is 548 g/mol. The Bertz CT molecular complexity index is 2320. The van der Waals surface area contributed by atoms with Gasteiger partial charge in [-0.3, -0.25) is 4.98 Å². The number of para-hydroxylation sites is 5. The molecule has 0 spiro atoms. The van der Waals surface area contributed by atoms with E-state index in [1.807, 2.05) is 6.20 Å². The Kier molecular flexibility index (Phi) is 5.51. The van der Waals surface area contributed by atoms with Crippen LogP contribution in [0.25, 0.3) is 32.8 Å². The Hall–Kier alpha value is -5.74. The molecule has 4 heteroatoms. The third-order valence-electron chi connectivity index (χ3n) is 9.35. The number of rotatable bonds is 3. The molecule has 0 fully saturated rings. The summed E-state index contributed by atoms with van der Waals surface area (Å²) in [5.74, 6) is 0. The summed E-state index contributed by atoms with van der Waals surface area (Å²) < 4.78 is 2.52. The first-order valence-electron chi connectivity index (χ1n) is 15.4. The first kappa shape index (κ1) is 25.7. The molecule has 0 unspecified atom stereocenters. The third-order valence-corrected chi connectivity index (χ3v) is 9.35. The minimum absolute atomic E-state index is 0.833. The van der Waals surface area contributed by atoms with E-state index in [1.165, 1.54) is 16.3 Å². The van der Waals surface area contributed by atoms with Gasteiger partial charge in [-0.2, -0.15) is 0 Å². The summed E-state index contributed by atoms with van der Waals surface area (Å²) in [5, 5.41) is 2.43. The normalized spacial score (nSPS) is 13.7. The maximum Gasteiger partial charge on any atom is 0.143 e. The lowest BCUT2D eigenvalue weighted by Gasteiger charge is -2.46. The molecule has 0 bridgehead atoms. The van der Waals surface area contributed by atoms with Gasteiger partial charge in [-0.1, -0.05) is 97.1 Å². The Labute approximate surface area is 261 Å². The summed E-state index contributed by atoms with van der Waals surface area (Å²) in [4.78, 5) is 13.1. The van der Waals surface area contributed by atoms with Crippen molar-refractivity contribution in [1.29, 1.82) is 0 Å². The van der Waals surface area contributed by atoms with Crippen LogP contribution in [-0.4, -0.2) is 14.5 Å². The molecule has 1 aliphatic rings. The fourth-order valence-electron chi connectivity index (χ4n) is 7.64. The second-order valence-electron chi connectivity index (χ2n) is 12.0. The number of aromatic nitrogens is 3. The molecular formula is C41H30N4. The first-order valence-corrected chi connectivity index (χ1v) is 15.4. The van der Waals surface area contributed by atoms with Gasteiger partial charge < -0.3 is 9.47 Å². The molecule has 0 saturated heterocycles. The lowest BCUT2D eigenvalue weighted by Crippen LogP contribution is -2.43. The number of fused-ring (bicyclic) bond motifs is 6. The highest BCUT2D eigenvalue weighted by atomic mass is 15.2. The zero-order chi connectivity index (χ0) is 30.1. The van der Waals surface area contributed by atoms with E-state index in [0.717, 1.165) is 61.5 Å². The molecule has 0 aliphatic carbocycles. The molecule has 6 aromatic carbocycles.